The van der Waals surface area contributed by atoms with Crippen LogP contribution in [0.25, 0.3) is 10.8 Å². The summed E-state index contributed by atoms with van der Waals surface area (Å²) in [5, 5.41) is 9.64. The van der Waals surface area contributed by atoms with Crippen molar-refractivity contribution in [1.82, 2.24) is 4.98 Å². The summed E-state index contributed by atoms with van der Waals surface area (Å²) in [4.78, 5) is 6.85. The number of aromatic nitrogens is 1. The molecule has 4 nitrogen and oxygen atoms in total. The molecule has 0 aliphatic carbocycles. The van der Waals surface area contributed by atoms with Crippen molar-refractivity contribution in [3.05, 3.63) is 59.9 Å². The van der Waals surface area contributed by atoms with E-state index in [4.69, 9.17) is 12.2 Å². The van der Waals surface area contributed by atoms with Gasteiger partial charge < -0.3 is 15.5 Å². The predicted octanol–water partition coefficient (Wildman–Crippen LogP) is 5.65. The van der Waals surface area contributed by atoms with Crippen molar-refractivity contribution in [3.63, 3.8) is 0 Å². The molecule has 3 aromatic rings. The third-order valence-electron chi connectivity index (χ3n) is 5.46. The summed E-state index contributed by atoms with van der Waals surface area (Å²) in [6, 6.07) is 12.7. The number of para-hydroxylation sites is 1. The molecule has 0 radical (unpaired) electrons. The highest BCUT2D eigenvalue weighted by molar-refractivity contribution is 7.80. The van der Waals surface area contributed by atoms with E-state index in [2.05, 4.69) is 70.8 Å². The van der Waals surface area contributed by atoms with Crippen molar-refractivity contribution >= 4 is 45.2 Å². The monoisotopic (exact) mass is 390 g/mol. The summed E-state index contributed by atoms with van der Waals surface area (Å²) in [7, 11) is 0. The van der Waals surface area contributed by atoms with Crippen LogP contribution in [-0.4, -0.2) is 23.2 Å². The van der Waals surface area contributed by atoms with Gasteiger partial charge in [-0.25, -0.2) is 0 Å². The Morgan fingerprint density at radius 3 is 2.43 bits per heavy atom. The van der Waals surface area contributed by atoms with Crippen molar-refractivity contribution in [3.8, 4) is 0 Å². The number of nitrogens with one attached hydrogen (secondary N) is 2. The smallest absolute Gasteiger partial charge is 0.175 e. The van der Waals surface area contributed by atoms with Gasteiger partial charge in [0, 0.05) is 53.3 Å². The molecule has 0 amide bonds. The summed E-state index contributed by atoms with van der Waals surface area (Å²) in [5.74, 6) is 0. The summed E-state index contributed by atoms with van der Waals surface area (Å²) in [5.41, 5.74) is 5.68. The van der Waals surface area contributed by atoms with Crippen LogP contribution in [0.2, 0.25) is 0 Å². The fourth-order valence-electron chi connectivity index (χ4n) is 3.97. The van der Waals surface area contributed by atoms with E-state index in [9.17, 15) is 0 Å². The molecule has 2 N–H and O–H groups in total. The Morgan fingerprint density at radius 1 is 0.929 bits per heavy atom. The van der Waals surface area contributed by atoms with Crippen LogP contribution in [0.5, 0.6) is 0 Å². The average Bonchev–Trinajstić information content (AvgIpc) is 2.72. The first-order chi connectivity index (χ1) is 13.6. The maximum absolute atomic E-state index is 5.61. The lowest BCUT2D eigenvalue weighted by atomic mass is 10.1. The zero-order valence-electron chi connectivity index (χ0n) is 16.5. The average molecular weight is 391 g/mol. The second-order valence-corrected chi connectivity index (χ2v) is 7.86. The molecule has 1 aliphatic rings. The Bertz CT molecular complexity index is 988. The molecular weight excluding hydrogens is 364 g/mol. The first kappa shape index (κ1) is 18.7. The fraction of sp³-hybridized carbons (Fsp3) is 0.304. The first-order valence-electron chi connectivity index (χ1n) is 9.89. The summed E-state index contributed by atoms with van der Waals surface area (Å²) < 4.78 is 0. The summed E-state index contributed by atoms with van der Waals surface area (Å²) in [6.45, 7) is 6.42. The van der Waals surface area contributed by atoms with E-state index in [1.54, 1.807) is 0 Å². The van der Waals surface area contributed by atoms with Crippen molar-refractivity contribution in [2.75, 3.05) is 28.6 Å². The third kappa shape index (κ3) is 3.80. The van der Waals surface area contributed by atoms with Crippen LogP contribution in [0.3, 0.4) is 0 Å². The Hall–Kier alpha value is -2.66. The van der Waals surface area contributed by atoms with Gasteiger partial charge in [-0.2, -0.15) is 0 Å². The fourth-order valence-corrected chi connectivity index (χ4v) is 4.18. The highest BCUT2D eigenvalue weighted by Gasteiger charge is 2.15. The second kappa shape index (κ2) is 8.15. The van der Waals surface area contributed by atoms with Crippen molar-refractivity contribution in [1.29, 1.82) is 0 Å². The number of anilines is 3. The van der Waals surface area contributed by atoms with E-state index in [-0.39, 0.29) is 0 Å². The van der Waals surface area contributed by atoms with E-state index >= 15 is 0 Å². The van der Waals surface area contributed by atoms with Gasteiger partial charge in [0.05, 0.1) is 0 Å². The Balaban J connectivity index is 1.61. The topological polar surface area (TPSA) is 40.2 Å². The lowest BCUT2D eigenvalue weighted by Gasteiger charge is -2.30. The number of hydrogen-bond donors (Lipinski definition) is 2. The zero-order valence-corrected chi connectivity index (χ0v) is 17.3. The van der Waals surface area contributed by atoms with Gasteiger partial charge in [-0.1, -0.05) is 18.2 Å². The van der Waals surface area contributed by atoms with E-state index in [0.29, 0.717) is 5.11 Å². The van der Waals surface area contributed by atoms with Crippen LogP contribution >= 0.6 is 12.2 Å². The number of piperidine rings is 1. The maximum Gasteiger partial charge on any atom is 0.175 e. The molecule has 0 unspecified atom stereocenters. The van der Waals surface area contributed by atoms with Gasteiger partial charge in [-0.05, 0) is 74.7 Å². The maximum atomic E-state index is 5.61. The van der Waals surface area contributed by atoms with Crippen LogP contribution < -0.4 is 15.5 Å². The van der Waals surface area contributed by atoms with Gasteiger partial charge in [0.25, 0.3) is 0 Å². The number of aryl methyl sites for hydroxylation is 2. The molecule has 0 atom stereocenters. The van der Waals surface area contributed by atoms with E-state index in [0.717, 1.165) is 29.9 Å². The Kier molecular flexibility index (Phi) is 5.44. The molecule has 1 saturated heterocycles. The van der Waals surface area contributed by atoms with E-state index in [1.807, 2.05) is 12.4 Å². The molecule has 1 fully saturated rings. The van der Waals surface area contributed by atoms with Crippen molar-refractivity contribution < 1.29 is 0 Å². The van der Waals surface area contributed by atoms with Gasteiger partial charge in [-0.3, -0.25) is 4.98 Å². The minimum absolute atomic E-state index is 0.591. The predicted molar refractivity (Wildman–Crippen MR) is 124 cm³/mol. The normalized spacial score (nSPS) is 14.1. The standard InChI is InChI=1S/C23H26N4S/c1-16-7-6-8-17(2)22(16)26-23(28)25-20-9-10-21(27-13-4-3-5-14-27)18-11-12-24-15-19(18)20/h6-12,15H,3-5,13-14H2,1-2H3,(H2,25,26,28). The SMILES string of the molecule is Cc1cccc(C)c1NC(=S)Nc1ccc(N2CCCCC2)c2ccncc12. The zero-order chi connectivity index (χ0) is 19.5. The number of fused-ring (bicyclic) bond motifs is 1. The molecule has 28 heavy (non-hydrogen) atoms. The number of benzene rings is 2. The number of thiocarbonyl (C=S) groups is 1. The molecular formula is C23H26N4S. The number of hydrogen-bond acceptors (Lipinski definition) is 3. The molecule has 4 rings (SSSR count). The molecule has 0 saturated carbocycles. The van der Waals surface area contributed by atoms with Gasteiger partial charge in [-0.15, -0.1) is 0 Å². The van der Waals surface area contributed by atoms with Crippen LogP contribution in [-0.2, 0) is 0 Å². The molecule has 1 aliphatic heterocycles. The van der Waals surface area contributed by atoms with Crippen LogP contribution in [0.1, 0.15) is 30.4 Å². The van der Waals surface area contributed by atoms with Crippen LogP contribution in [0, 0.1) is 13.8 Å². The molecule has 0 bridgehead atoms. The number of pyridine rings is 1. The Morgan fingerprint density at radius 2 is 1.68 bits per heavy atom. The minimum atomic E-state index is 0.591. The molecule has 1 aromatic heterocycles. The van der Waals surface area contributed by atoms with E-state index < -0.39 is 0 Å². The highest BCUT2D eigenvalue weighted by Crippen LogP contribution is 2.33. The quantitative estimate of drug-likeness (QED) is 0.566. The highest BCUT2D eigenvalue weighted by atomic mass is 32.1. The first-order valence-corrected chi connectivity index (χ1v) is 10.3. The summed E-state index contributed by atoms with van der Waals surface area (Å²) >= 11 is 5.61. The molecule has 2 heterocycles. The Labute approximate surface area is 172 Å². The second-order valence-electron chi connectivity index (χ2n) is 7.45. The van der Waals surface area contributed by atoms with Crippen molar-refractivity contribution in [2.45, 2.75) is 33.1 Å². The molecule has 144 valence electrons. The van der Waals surface area contributed by atoms with Gasteiger partial charge >= 0.3 is 0 Å². The lowest BCUT2D eigenvalue weighted by molar-refractivity contribution is 0.579. The molecule has 0 spiro atoms. The third-order valence-corrected chi connectivity index (χ3v) is 5.66. The molecule has 5 heteroatoms. The van der Waals surface area contributed by atoms with Gasteiger partial charge in [0.2, 0.25) is 0 Å². The summed E-state index contributed by atoms with van der Waals surface area (Å²) in [6.07, 6.45) is 7.64. The number of rotatable bonds is 3. The minimum Gasteiger partial charge on any atom is -0.371 e. The number of nitrogens with zero attached hydrogens (tertiary/aromatic N) is 2. The lowest BCUT2D eigenvalue weighted by Crippen LogP contribution is -2.29. The van der Waals surface area contributed by atoms with Crippen molar-refractivity contribution in [2.24, 2.45) is 0 Å². The van der Waals surface area contributed by atoms with Gasteiger partial charge in [0.15, 0.2) is 5.11 Å². The largest absolute Gasteiger partial charge is 0.371 e. The van der Waals surface area contributed by atoms with Crippen LogP contribution in [0.15, 0.2) is 48.8 Å². The van der Waals surface area contributed by atoms with E-state index in [1.165, 1.54) is 41.5 Å². The molecule has 2 aromatic carbocycles. The van der Waals surface area contributed by atoms with Crippen LogP contribution in [0.4, 0.5) is 17.1 Å². The van der Waals surface area contributed by atoms with Gasteiger partial charge in [0.1, 0.15) is 0 Å².